The fraction of sp³-hybridized carbons (Fsp3) is 0.364. The summed E-state index contributed by atoms with van der Waals surface area (Å²) in [7, 11) is 1.55. The number of methoxy groups -OCH3 is 1. The van der Waals surface area contributed by atoms with Crippen LogP contribution < -0.4 is 10.5 Å². The highest BCUT2D eigenvalue weighted by Gasteiger charge is 2.15. The lowest BCUT2D eigenvalue weighted by atomic mass is 10.2. The largest absolute Gasteiger partial charge is 0.491 e. The summed E-state index contributed by atoms with van der Waals surface area (Å²) in [4.78, 5) is 8.13. The molecule has 0 aliphatic heterocycles. The Labute approximate surface area is 99.4 Å². The Kier molecular flexibility index (Phi) is 3.22. The van der Waals surface area contributed by atoms with Gasteiger partial charge in [-0.2, -0.15) is 5.10 Å². The zero-order valence-electron chi connectivity index (χ0n) is 9.92. The van der Waals surface area contributed by atoms with Gasteiger partial charge in [0.1, 0.15) is 12.0 Å². The van der Waals surface area contributed by atoms with Crippen molar-refractivity contribution in [1.82, 2.24) is 19.7 Å². The monoisotopic (exact) mass is 233 g/mol. The van der Waals surface area contributed by atoms with Gasteiger partial charge >= 0.3 is 0 Å². The maximum Gasteiger partial charge on any atom is 0.189 e. The molecule has 0 saturated carbocycles. The zero-order valence-corrected chi connectivity index (χ0v) is 9.92. The third-order valence-corrected chi connectivity index (χ3v) is 2.43. The Morgan fingerprint density at radius 1 is 1.41 bits per heavy atom. The minimum absolute atomic E-state index is 0.335. The minimum Gasteiger partial charge on any atom is -0.491 e. The van der Waals surface area contributed by atoms with Gasteiger partial charge < -0.3 is 10.5 Å². The molecule has 2 rings (SSSR count). The second kappa shape index (κ2) is 4.82. The van der Waals surface area contributed by atoms with Gasteiger partial charge in [0.05, 0.1) is 12.8 Å². The molecule has 2 aromatic rings. The van der Waals surface area contributed by atoms with E-state index in [4.69, 9.17) is 10.5 Å². The first-order chi connectivity index (χ1) is 8.27. The summed E-state index contributed by atoms with van der Waals surface area (Å²) in [6.07, 6.45) is 4.16. The molecule has 90 valence electrons. The Balaban J connectivity index is 2.52. The molecule has 0 aromatic carbocycles. The lowest BCUT2D eigenvalue weighted by Crippen LogP contribution is -2.05. The fourth-order valence-corrected chi connectivity index (χ4v) is 1.69. The third kappa shape index (κ3) is 2.06. The highest BCUT2D eigenvalue weighted by atomic mass is 16.5. The summed E-state index contributed by atoms with van der Waals surface area (Å²) in [5, 5.41) is 4.25. The second-order valence-corrected chi connectivity index (χ2v) is 3.58. The molecule has 17 heavy (non-hydrogen) atoms. The zero-order chi connectivity index (χ0) is 12.3. The first-order valence-electron chi connectivity index (χ1n) is 5.44. The van der Waals surface area contributed by atoms with E-state index in [0.29, 0.717) is 17.3 Å². The van der Waals surface area contributed by atoms with E-state index in [-0.39, 0.29) is 0 Å². The number of nitrogens with two attached hydrogens (primary N) is 1. The number of anilines is 1. The highest BCUT2D eigenvalue weighted by molar-refractivity contribution is 5.68. The summed E-state index contributed by atoms with van der Waals surface area (Å²) in [6, 6.07) is 1.89. The van der Waals surface area contributed by atoms with E-state index in [1.165, 1.54) is 6.33 Å². The van der Waals surface area contributed by atoms with Gasteiger partial charge in [-0.25, -0.2) is 9.97 Å². The van der Waals surface area contributed by atoms with Crippen LogP contribution >= 0.6 is 0 Å². The van der Waals surface area contributed by atoms with Crippen LogP contribution in [0.4, 0.5) is 5.82 Å². The number of nitrogen functional groups attached to an aromatic ring is 1. The molecule has 0 spiro atoms. The Hall–Kier alpha value is -2.11. The van der Waals surface area contributed by atoms with Crippen molar-refractivity contribution in [3.63, 3.8) is 0 Å². The number of ether oxygens (including phenoxy) is 1. The molecular weight excluding hydrogens is 218 g/mol. The standard InChI is InChI=1S/C11H15N5O/c1-3-6-16-8(4-5-15-16)9-10(17-2)11(12)14-7-13-9/h4-5,7H,3,6H2,1-2H3,(H2,12,13,14). The van der Waals surface area contributed by atoms with Crippen LogP contribution in [0.5, 0.6) is 5.75 Å². The van der Waals surface area contributed by atoms with Crippen LogP contribution in [0, 0.1) is 0 Å². The van der Waals surface area contributed by atoms with Crippen molar-refractivity contribution in [3.8, 4) is 17.1 Å². The number of hydrogen-bond acceptors (Lipinski definition) is 5. The van der Waals surface area contributed by atoms with Crippen LogP contribution in [0.3, 0.4) is 0 Å². The second-order valence-electron chi connectivity index (χ2n) is 3.58. The van der Waals surface area contributed by atoms with E-state index in [1.807, 2.05) is 10.7 Å². The van der Waals surface area contributed by atoms with Crippen LogP contribution in [0.15, 0.2) is 18.6 Å². The number of rotatable bonds is 4. The maximum atomic E-state index is 5.76. The number of aromatic nitrogens is 4. The molecule has 2 N–H and O–H groups in total. The lowest BCUT2D eigenvalue weighted by Gasteiger charge is -2.10. The predicted octanol–water partition coefficient (Wildman–Crippen LogP) is 1.34. The molecule has 0 atom stereocenters. The SMILES string of the molecule is CCCn1nccc1-c1ncnc(N)c1OC. The predicted molar refractivity (Wildman–Crippen MR) is 64.5 cm³/mol. The first kappa shape index (κ1) is 11.4. The van der Waals surface area contributed by atoms with Gasteiger partial charge in [-0.1, -0.05) is 6.92 Å². The Bertz CT molecular complexity index is 508. The van der Waals surface area contributed by atoms with Crippen LogP contribution in [0.2, 0.25) is 0 Å². The molecule has 6 heteroatoms. The molecule has 0 aliphatic carbocycles. The summed E-state index contributed by atoms with van der Waals surface area (Å²) in [5.74, 6) is 0.826. The van der Waals surface area contributed by atoms with Gasteiger partial charge in [-0.3, -0.25) is 4.68 Å². The Morgan fingerprint density at radius 2 is 2.24 bits per heavy atom. The molecule has 0 unspecified atom stereocenters. The molecule has 0 bridgehead atoms. The van der Waals surface area contributed by atoms with Gasteiger partial charge in [-0.05, 0) is 12.5 Å². The molecule has 0 aliphatic rings. The van der Waals surface area contributed by atoms with Crippen molar-refractivity contribution in [2.45, 2.75) is 19.9 Å². The van der Waals surface area contributed by atoms with Gasteiger partial charge in [0.25, 0.3) is 0 Å². The topological polar surface area (TPSA) is 78.9 Å². The third-order valence-electron chi connectivity index (χ3n) is 2.43. The van der Waals surface area contributed by atoms with Crippen LogP contribution in [-0.2, 0) is 6.54 Å². The Morgan fingerprint density at radius 3 is 2.94 bits per heavy atom. The molecule has 0 saturated heterocycles. The number of aryl methyl sites for hydroxylation is 1. The van der Waals surface area contributed by atoms with Crippen LogP contribution in [0.1, 0.15) is 13.3 Å². The molecule has 0 radical (unpaired) electrons. The van der Waals surface area contributed by atoms with E-state index in [0.717, 1.165) is 18.7 Å². The van der Waals surface area contributed by atoms with Crippen molar-refractivity contribution < 1.29 is 4.74 Å². The molecule has 2 aromatic heterocycles. The van der Waals surface area contributed by atoms with E-state index in [9.17, 15) is 0 Å². The van der Waals surface area contributed by atoms with Crippen molar-refractivity contribution in [2.75, 3.05) is 12.8 Å². The normalized spacial score (nSPS) is 10.5. The maximum absolute atomic E-state index is 5.76. The minimum atomic E-state index is 0.335. The van der Waals surface area contributed by atoms with Gasteiger partial charge in [0.2, 0.25) is 0 Å². The van der Waals surface area contributed by atoms with Gasteiger partial charge in [-0.15, -0.1) is 0 Å². The summed E-state index contributed by atoms with van der Waals surface area (Å²) >= 11 is 0. The van der Waals surface area contributed by atoms with E-state index in [2.05, 4.69) is 22.0 Å². The van der Waals surface area contributed by atoms with Crippen molar-refractivity contribution in [3.05, 3.63) is 18.6 Å². The van der Waals surface area contributed by atoms with Crippen LogP contribution in [0.25, 0.3) is 11.4 Å². The molecule has 0 amide bonds. The van der Waals surface area contributed by atoms with Gasteiger partial charge in [0.15, 0.2) is 11.6 Å². The van der Waals surface area contributed by atoms with E-state index in [1.54, 1.807) is 13.3 Å². The van der Waals surface area contributed by atoms with E-state index < -0.39 is 0 Å². The van der Waals surface area contributed by atoms with E-state index >= 15 is 0 Å². The average Bonchev–Trinajstić information content (AvgIpc) is 2.77. The first-order valence-corrected chi connectivity index (χ1v) is 5.44. The number of hydrogen-bond donors (Lipinski definition) is 1. The summed E-state index contributed by atoms with van der Waals surface area (Å²) < 4.78 is 7.12. The van der Waals surface area contributed by atoms with Crippen molar-refractivity contribution in [1.29, 1.82) is 0 Å². The lowest BCUT2D eigenvalue weighted by molar-refractivity contribution is 0.414. The quantitative estimate of drug-likeness (QED) is 0.862. The summed E-state index contributed by atoms with van der Waals surface area (Å²) in [6.45, 7) is 2.92. The van der Waals surface area contributed by atoms with Gasteiger partial charge in [0, 0.05) is 12.7 Å². The highest BCUT2D eigenvalue weighted by Crippen LogP contribution is 2.30. The molecule has 2 heterocycles. The number of nitrogens with zero attached hydrogens (tertiary/aromatic N) is 4. The van der Waals surface area contributed by atoms with Crippen molar-refractivity contribution >= 4 is 5.82 Å². The smallest absolute Gasteiger partial charge is 0.189 e. The molecular formula is C11H15N5O. The van der Waals surface area contributed by atoms with Crippen LogP contribution in [-0.4, -0.2) is 26.9 Å². The van der Waals surface area contributed by atoms with Crippen molar-refractivity contribution in [2.24, 2.45) is 0 Å². The fourth-order valence-electron chi connectivity index (χ4n) is 1.69. The summed E-state index contributed by atoms with van der Waals surface area (Å²) in [5.41, 5.74) is 7.32. The molecule has 6 nitrogen and oxygen atoms in total. The molecule has 0 fully saturated rings. The average molecular weight is 233 g/mol.